The fraction of sp³-hybridized carbons (Fsp3) is 0.444. The molecule has 0 amide bonds. The van der Waals surface area contributed by atoms with Gasteiger partial charge in [0.25, 0.3) is 0 Å². The molecule has 1 N–H and O–H groups in total. The molecule has 5 heteroatoms. The van der Waals surface area contributed by atoms with Crippen molar-refractivity contribution in [1.82, 2.24) is 19.8 Å². The van der Waals surface area contributed by atoms with Crippen molar-refractivity contribution in [1.29, 1.82) is 0 Å². The van der Waals surface area contributed by atoms with Crippen LogP contribution in [0.3, 0.4) is 0 Å². The molecule has 1 fully saturated rings. The lowest BCUT2D eigenvalue weighted by Gasteiger charge is -2.26. The SMILES string of the molecule is CCCN1C(=S)N[C@@H](c2ccccn2)[C@@H]1c1ccn(C(C)C)c1. The summed E-state index contributed by atoms with van der Waals surface area (Å²) in [4.78, 5) is 6.85. The Morgan fingerprint density at radius 1 is 1.30 bits per heavy atom. The first-order valence-corrected chi connectivity index (χ1v) is 8.68. The first kappa shape index (κ1) is 16.0. The summed E-state index contributed by atoms with van der Waals surface area (Å²) in [5.74, 6) is 0. The molecule has 2 aromatic heterocycles. The molecule has 0 saturated carbocycles. The highest BCUT2D eigenvalue weighted by atomic mass is 32.1. The van der Waals surface area contributed by atoms with Gasteiger partial charge in [-0.3, -0.25) is 4.98 Å². The van der Waals surface area contributed by atoms with Gasteiger partial charge in [0.05, 0.1) is 17.8 Å². The van der Waals surface area contributed by atoms with E-state index in [0.717, 1.165) is 23.8 Å². The molecule has 0 bridgehead atoms. The van der Waals surface area contributed by atoms with Crippen molar-refractivity contribution in [2.45, 2.75) is 45.3 Å². The highest BCUT2D eigenvalue weighted by Crippen LogP contribution is 2.38. The second kappa shape index (κ2) is 6.71. The van der Waals surface area contributed by atoms with E-state index in [4.69, 9.17) is 12.2 Å². The second-order valence-corrected chi connectivity index (χ2v) is 6.69. The van der Waals surface area contributed by atoms with E-state index in [1.807, 2.05) is 18.3 Å². The maximum absolute atomic E-state index is 5.60. The quantitative estimate of drug-likeness (QED) is 0.845. The minimum Gasteiger partial charge on any atom is -0.352 e. The molecule has 0 aromatic carbocycles. The molecular weight excluding hydrogens is 304 g/mol. The second-order valence-electron chi connectivity index (χ2n) is 6.31. The van der Waals surface area contributed by atoms with Gasteiger partial charge >= 0.3 is 0 Å². The number of thiocarbonyl (C=S) groups is 1. The summed E-state index contributed by atoms with van der Waals surface area (Å²) in [6.45, 7) is 7.53. The number of pyridine rings is 1. The molecule has 122 valence electrons. The Bertz CT molecular complexity index is 665. The van der Waals surface area contributed by atoms with Crippen LogP contribution < -0.4 is 5.32 Å². The van der Waals surface area contributed by atoms with E-state index >= 15 is 0 Å². The summed E-state index contributed by atoms with van der Waals surface area (Å²) in [7, 11) is 0. The third-order valence-electron chi connectivity index (χ3n) is 4.34. The zero-order chi connectivity index (χ0) is 16.4. The van der Waals surface area contributed by atoms with Crippen LogP contribution in [0.4, 0.5) is 0 Å². The third kappa shape index (κ3) is 3.11. The van der Waals surface area contributed by atoms with E-state index < -0.39 is 0 Å². The van der Waals surface area contributed by atoms with Crippen LogP contribution in [-0.2, 0) is 0 Å². The Balaban J connectivity index is 1.99. The predicted octanol–water partition coefficient (Wildman–Crippen LogP) is 3.85. The van der Waals surface area contributed by atoms with E-state index in [1.54, 1.807) is 0 Å². The van der Waals surface area contributed by atoms with E-state index in [0.29, 0.717) is 6.04 Å². The predicted molar refractivity (Wildman–Crippen MR) is 97.3 cm³/mol. The van der Waals surface area contributed by atoms with Crippen LogP contribution in [0.1, 0.15) is 56.6 Å². The molecule has 0 unspecified atom stereocenters. The Hall–Kier alpha value is -1.88. The smallest absolute Gasteiger partial charge is 0.170 e. The van der Waals surface area contributed by atoms with Crippen LogP contribution in [-0.4, -0.2) is 26.1 Å². The molecule has 0 aliphatic carbocycles. The summed E-state index contributed by atoms with van der Waals surface area (Å²) in [5.41, 5.74) is 2.32. The van der Waals surface area contributed by atoms with Gasteiger partial charge in [0, 0.05) is 31.2 Å². The van der Waals surface area contributed by atoms with Crippen molar-refractivity contribution >= 4 is 17.3 Å². The molecule has 1 saturated heterocycles. The fourth-order valence-electron chi connectivity index (χ4n) is 3.18. The number of hydrogen-bond acceptors (Lipinski definition) is 2. The van der Waals surface area contributed by atoms with Gasteiger partial charge < -0.3 is 14.8 Å². The summed E-state index contributed by atoms with van der Waals surface area (Å²) >= 11 is 5.60. The average Bonchev–Trinajstić information content (AvgIpc) is 3.14. The summed E-state index contributed by atoms with van der Waals surface area (Å²) in [5, 5.41) is 4.30. The van der Waals surface area contributed by atoms with Crippen molar-refractivity contribution in [2.24, 2.45) is 0 Å². The van der Waals surface area contributed by atoms with Gasteiger partial charge in [0.2, 0.25) is 0 Å². The maximum Gasteiger partial charge on any atom is 0.170 e. The Morgan fingerprint density at radius 3 is 2.74 bits per heavy atom. The van der Waals surface area contributed by atoms with Crippen molar-refractivity contribution in [3.63, 3.8) is 0 Å². The topological polar surface area (TPSA) is 33.1 Å². The monoisotopic (exact) mass is 328 g/mol. The summed E-state index contributed by atoms with van der Waals surface area (Å²) < 4.78 is 2.25. The lowest BCUT2D eigenvalue weighted by atomic mass is 9.99. The highest BCUT2D eigenvalue weighted by molar-refractivity contribution is 7.80. The number of aromatic nitrogens is 2. The van der Waals surface area contributed by atoms with E-state index in [-0.39, 0.29) is 12.1 Å². The van der Waals surface area contributed by atoms with Crippen LogP contribution in [0.2, 0.25) is 0 Å². The summed E-state index contributed by atoms with van der Waals surface area (Å²) in [6.07, 6.45) is 7.31. The maximum atomic E-state index is 5.60. The van der Waals surface area contributed by atoms with E-state index in [9.17, 15) is 0 Å². The first-order chi connectivity index (χ1) is 11.1. The number of hydrogen-bond donors (Lipinski definition) is 1. The van der Waals surface area contributed by atoms with Crippen molar-refractivity contribution in [2.75, 3.05) is 6.54 Å². The molecule has 4 nitrogen and oxygen atoms in total. The minimum absolute atomic E-state index is 0.0956. The molecule has 2 aromatic rings. The highest BCUT2D eigenvalue weighted by Gasteiger charge is 2.39. The van der Waals surface area contributed by atoms with Crippen molar-refractivity contribution < 1.29 is 0 Å². The van der Waals surface area contributed by atoms with Gasteiger partial charge in [-0.15, -0.1) is 0 Å². The van der Waals surface area contributed by atoms with Crippen LogP contribution in [0.25, 0.3) is 0 Å². The van der Waals surface area contributed by atoms with Gasteiger partial charge in [0.15, 0.2) is 5.11 Å². The number of nitrogens with zero attached hydrogens (tertiary/aromatic N) is 3. The van der Waals surface area contributed by atoms with E-state index in [2.05, 4.69) is 65.1 Å². The van der Waals surface area contributed by atoms with Crippen molar-refractivity contribution in [3.05, 3.63) is 54.1 Å². The fourth-order valence-corrected chi connectivity index (χ4v) is 3.51. The molecule has 1 aliphatic rings. The Labute approximate surface area is 143 Å². The zero-order valence-corrected chi connectivity index (χ0v) is 14.8. The standard InChI is InChI=1S/C18H24N4S/c1-4-10-22-17(14-8-11-21(12-14)13(2)3)16(20-18(22)23)15-7-5-6-9-19-15/h5-9,11-13,16-17H,4,10H2,1-3H3,(H,20,23)/t16-,17-/m0/s1. The third-order valence-corrected chi connectivity index (χ3v) is 4.69. The van der Waals surface area contributed by atoms with Gasteiger partial charge in [-0.1, -0.05) is 13.0 Å². The lowest BCUT2D eigenvalue weighted by Crippen LogP contribution is -2.30. The van der Waals surface area contributed by atoms with Gasteiger partial charge in [-0.25, -0.2) is 0 Å². The van der Waals surface area contributed by atoms with Gasteiger partial charge in [-0.05, 0) is 56.2 Å². The van der Waals surface area contributed by atoms with Crippen LogP contribution in [0, 0.1) is 0 Å². The first-order valence-electron chi connectivity index (χ1n) is 8.27. The molecule has 0 radical (unpaired) electrons. The van der Waals surface area contributed by atoms with Gasteiger partial charge in [-0.2, -0.15) is 0 Å². The molecular formula is C18H24N4S. The Kier molecular flexibility index (Phi) is 4.66. The molecule has 1 aliphatic heterocycles. The van der Waals surface area contributed by atoms with Gasteiger partial charge in [0.1, 0.15) is 0 Å². The van der Waals surface area contributed by atoms with E-state index in [1.165, 1.54) is 5.56 Å². The number of nitrogens with one attached hydrogen (secondary N) is 1. The molecule has 3 rings (SSSR count). The molecule has 23 heavy (non-hydrogen) atoms. The van der Waals surface area contributed by atoms with Crippen LogP contribution >= 0.6 is 12.2 Å². The number of rotatable bonds is 5. The zero-order valence-electron chi connectivity index (χ0n) is 13.9. The minimum atomic E-state index is 0.0956. The summed E-state index contributed by atoms with van der Waals surface area (Å²) in [6, 6.07) is 9.01. The molecule has 2 atom stereocenters. The average molecular weight is 328 g/mol. The van der Waals surface area contributed by atoms with Crippen molar-refractivity contribution in [3.8, 4) is 0 Å². The van der Waals surface area contributed by atoms with Crippen LogP contribution in [0.15, 0.2) is 42.9 Å². The lowest BCUT2D eigenvalue weighted by molar-refractivity contribution is 0.317. The Morgan fingerprint density at radius 2 is 2.13 bits per heavy atom. The normalized spacial score (nSPS) is 21.0. The molecule has 0 spiro atoms. The largest absolute Gasteiger partial charge is 0.352 e. The van der Waals surface area contributed by atoms with Crippen LogP contribution in [0.5, 0.6) is 0 Å². The molecule has 3 heterocycles.